The van der Waals surface area contributed by atoms with Gasteiger partial charge in [0.25, 0.3) is 0 Å². The fraction of sp³-hybridized carbons (Fsp3) is 0.273. The molecule has 0 N–H and O–H groups in total. The Morgan fingerprint density at radius 3 is 2.43 bits per heavy atom. The Morgan fingerprint density at radius 2 is 1.79 bits per heavy atom. The minimum atomic E-state index is -0.445. The summed E-state index contributed by atoms with van der Waals surface area (Å²) in [5.41, 5.74) is 0.899. The van der Waals surface area contributed by atoms with Crippen LogP contribution in [-0.4, -0.2) is 22.9 Å². The maximum atomic E-state index is 12.8. The second kappa shape index (κ2) is 8.10. The molecule has 0 unspecified atom stereocenters. The van der Waals surface area contributed by atoms with E-state index in [1.807, 2.05) is 58.0 Å². The number of esters is 1. The second-order valence-corrected chi connectivity index (χ2v) is 8.42. The zero-order valence-corrected chi connectivity index (χ0v) is 17.5. The summed E-state index contributed by atoms with van der Waals surface area (Å²) >= 11 is 1.54. The van der Waals surface area contributed by atoms with Gasteiger partial charge in [-0.05, 0) is 58.0 Å². The molecule has 0 spiro atoms. The van der Waals surface area contributed by atoms with Gasteiger partial charge in [-0.2, -0.15) is 5.10 Å². The summed E-state index contributed by atoms with van der Waals surface area (Å²) in [5, 5.41) is 4.65. The first-order chi connectivity index (χ1) is 13.3. The number of carbonyl (C=O) groups excluding carboxylic acids is 1. The van der Waals surface area contributed by atoms with E-state index in [4.69, 9.17) is 9.47 Å². The largest absolute Gasteiger partial charge is 0.497 e. The summed E-state index contributed by atoms with van der Waals surface area (Å²) < 4.78 is 12.8. The molecule has 3 aromatic rings. The first-order valence-corrected chi connectivity index (χ1v) is 9.80. The first kappa shape index (κ1) is 20.0. The Labute approximate surface area is 169 Å². The molecule has 0 saturated heterocycles. The molecular formula is C22H24N2O3S. The lowest BCUT2D eigenvalue weighted by Crippen LogP contribution is -2.25. The highest BCUT2D eigenvalue weighted by molar-refractivity contribution is 7.99. The number of hydrogen-bond donors (Lipinski definition) is 0. The smallest absolute Gasteiger partial charge is 0.345 e. The third-order valence-corrected chi connectivity index (χ3v) is 5.24. The fourth-order valence-corrected chi connectivity index (χ4v) is 3.59. The molecule has 0 aliphatic heterocycles. The fourth-order valence-electron chi connectivity index (χ4n) is 2.66. The van der Waals surface area contributed by atoms with Crippen molar-refractivity contribution in [1.82, 2.24) is 9.78 Å². The summed E-state index contributed by atoms with van der Waals surface area (Å²) in [7, 11) is 1.57. The van der Waals surface area contributed by atoms with Crippen LogP contribution in [0.2, 0.25) is 0 Å². The van der Waals surface area contributed by atoms with Gasteiger partial charge < -0.3 is 9.47 Å². The Morgan fingerprint density at radius 1 is 1.07 bits per heavy atom. The average molecular weight is 397 g/mol. The van der Waals surface area contributed by atoms with Crippen molar-refractivity contribution >= 4 is 17.7 Å². The van der Waals surface area contributed by atoms with Gasteiger partial charge in [-0.3, -0.25) is 0 Å². The van der Waals surface area contributed by atoms with Gasteiger partial charge in [0.2, 0.25) is 5.88 Å². The zero-order chi connectivity index (χ0) is 20.3. The minimum absolute atomic E-state index is 0.343. The van der Waals surface area contributed by atoms with E-state index in [0.717, 1.165) is 15.5 Å². The number of aromatic nitrogens is 2. The molecule has 1 heterocycles. The van der Waals surface area contributed by atoms with Crippen molar-refractivity contribution in [2.24, 2.45) is 0 Å². The molecule has 0 fully saturated rings. The second-order valence-electron chi connectivity index (χ2n) is 7.34. The quantitative estimate of drug-likeness (QED) is 0.546. The SMILES string of the molecule is COc1cccc(C(=O)Oc2c(Sc3ccccc3)c(C)nn2C(C)(C)C)c1. The zero-order valence-electron chi connectivity index (χ0n) is 16.7. The lowest BCUT2D eigenvalue weighted by Gasteiger charge is -2.22. The number of benzene rings is 2. The molecule has 0 aliphatic rings. The molecule has 1 aromatic heterocycles. The molecule has 3 rings (SSSR count). The molecule has 5 nitrogen and oxygen atoms in total. The van der Waals surface area contributed by atoms with Gasteiger partial charge >= 0.3 is 5.97 Å². The van der Waals surface area contributed by atoms with Gasteiger partial charge in [-0.25, -0.2) is 9.48 Å². The highest BCUT2D eigenvalue weighted by Gasteiger charge is 2.27. The minimum Gasteiger partial charge on any atom is -0.497 e. The maximum Gasteiger partial charge on any atom is 0.345 e. The van der Waals surface area contributed by atoms with Crippen molar-refractivity contribution in [3.63, 3.8) is 0 Å². The normalized spacial score (nSPS) is 11.3. The number of nitrogens with zero attached hydrogens (tertiary/aromatic N) is 2. The van der Waals surface area contributed by atoms with Gasteiger partial charge in [0, 0.05) is 4.90 Å². The highest BCUT2D eigenvalue weighted by Crippen LogP contribution is 2.40. The number of carbonyl (C=O) groups is 1. The van der Waals surface area contributed by atoms with Crippen LogP contribution in [0.5, 0.6) is 11.6 Å². The Balaban J connectivity index is 2.00. The lowest BCUT2D eigenvalue weighted by atomic mass is 10.1. The van der Waals surface area contributed by atoms with Gasteiger partial charge in [0.1, 0.15) is 5.75 Å². The summed E-state index contributed by atoms with van der Waals surface area (Å²) in [4.78, 5) is 14.7. The molecule has 0 bridgehead atoms. The molecule has 2 aromatic carbocycles. The van der Waals surface area contributed by atoms with Crippen LogP contribution in [0, 0.1) is 6.92 Å². The van der Waals surface area contributed by atoms with Crippen molar-refractivity contribution < 1.29 is 14.3 Å². The predicted octanol–water partition coefficient (Wildman–Crippen LogP) is 5.33. The van der Waals surface area contributed by atoms with Crippen molar-refractivity contribution in [2.75, 3.05) is 7.11 Å². The van der Waals surface area contributed by atoms with Crippen LogP contribution in [0.4, 0.5) is 0 Å². The molecule has 6 heteroatoms. The molecule has 0 radical (unpaired) electrons. The van der Waals surface area contributed by atoms with Crippen LogP contribution in [0.1, 0.15) is 36.8 Å². The third-order valence-electron chi connectivity index (χ3n) is 4.06. The topological polar surface area (TPSA) is 53.4 Å². The van der Waals surface area contributed by atoms with Crippen molar-refractivity contribution in [3.05, 3.63) is 65.9 Å². The van der Waals surface area contributed by atoms with Crippen LogP contribution >= 0.6 is 11.8 Å². The average Bonchev–Trinajstić information content (AvgIpc) is 2.98. The predicted molar refractivity (Wildman–Crippen MR) is 110 cm³/mol. The van der Waals surface area contributed by atoms with Crippen LogP contribution in [-0.2, 0) is 5.54 Å². The molecule has 0 aliphatic carbocycles. The first-order valence-electron chi connectivity index (χ1n) is 8.99. The third kappa shape index (κ3) is 4.39. The lowest BCUT2D eigenvalue weighted by molar-refractivity contribution is 0.0703. The monoisotopic (exact) mass is 396 g/mol. The van der Waals surface area contributed by atoms with Gasteiger partial charge in [-0.15, -0.1) is 0 Å². The van der Waals surface area contributed by atoms with Crippen LogP contribution in [0.3, 0.4) is 0 Å². The molecule has 28 heavy (non-hydrogen) atoms. The van der Waals surface area contributed by atoms with Gasteiger partial charge in [0.15, 0.2) is 0 Å². The highest BCUT2D eigenvalue weighted by atomic mass is 32.2. The van der Waals surface area contributed by atoms with E-state index in [9.17, 15) is 4.79 Å². The van der Waals surface area contributed by atoms with Crippen molar-refractivity contribution in [2.45, 2.75) is 43.0 Å². The van der Waals surface area contributed by atoms with E-state index in [0.29, 0.717) is 17.2 Å². The summed E-state index contributed by atoms with van der Waals surface area (Å²) in [6.45, 7) is 8.01. The van der Waals surface area contributed by atoms with Crippen molar-refractivity contribution in [3.8, 4) is 11.6 Å². The van der Waals surface area contributed by atoms with Gasteiger partial charge in [0.05, 0.1) is 28.8 Å². The summed E-state index contributed by atoms with van der Waals surface area (Å²) in [5.74, 6) is 0.611. The number of hydrogen-bond acceptors (Lipinski definition) is 5. The van der Waals surface area contributed by atoms with E-state index in [1.165, 1.54) is 11.8 Å². The Kier molecular flexibility index (Phi) is 5.79. The number of rotatable bonds is 5. The van der Waals surface area contributed by atoms with Crippen LogP contribution in [0.25, 0.3) is 0 Å². The number of aryl methyl sites for hydroxylation is 1. The van der Waals surface area contributed by atoms with Crippen LogP contribution in [0.15, 0.2) is 64.4 Å². The van der Waals surface area contributed by atoms with Gasteiger partial charge in [-0.1, -0.05) is 36.0 Å². The Hall–Kier alpha value is -2.73. The van der Waals surface area contributed by atoms with E-state index < -0.39 is 5.97 Å². The standard InChI is InChI=1S/C22H24N2O3S/c1-15-19(28-18-12-7-6-8-13-18)20(24(23-15)22(2,3)4)27-21(25)16-10-9-11-17(14-16)26-5/h6-14H,1-5H3. The van der Waals surface area contributed by atoms with Crippen LogP contribution < -0.4 is 9.47 Å². The molecule has 0 saturated carbocycles. The summed E-state index contributed by atoms with van der Waals surface area (Å²) in [6.07, 6.45) is 0. The number of methoxy groups -OCH3 is 1. The van der Waals surface area contributed by atoms with E-state index in [1.54, 1.807) is 36.1 Å². The maximum absolute atomic E-state index is 12.8. The summed E-state index contributed by atoms with van der Waals surface area (Å²) in [6, 6.07) is 16.9. The molecule has 0 amide bonds. The molecule has 146 valence electrons. The van der Waals surface area contributed by atoms with E-state index >= 15 is 0 Å². The molecule has 0 atom stereocenters. The van der Waals surface area contributed by atoms with Crippen molar-refractivity contribution in [1.29, 1.82) is 0 Å². The van der Waals surface area contributed by atoms with E-state index in [2.05, 4.69) is 5.10 Å². The Bertz CT molecular complexity index is 975. The van der Waals surface area contributed by atoms with E-state index in [-0.39, 0.29) is 5.54 Å². The number of ether oxygens (including phenoxy) is 2. The molecular weight excluding hydrogens is 372 g/mol.